The van der Waals surface area contributed by atoms with Gasteiger partial charge in [-0.2, -0.15) is 0 Å². The number of ether oxygens (including phenoxy) is 1. The van der Waals surface area contributed by atoms with Gasteiger partial charge in [0.1, 0.15) is 11.5 Å². The van der Waals surface area contributed by atoms with Crippen LogP contribution in [-0.2, 0) is 0 Å². The lowest BCUT2D eigenvalue weighted by Crippen LogP contribution is -1.90. The van der Waals surface area contributed by atoms with Gasteiger partial charge in [-0.3, -0.25) is 4.98 Å². The van der Waals surface area contributed by atoms with E-state index in [1.165, 1.54) is 0 Å². The van der Waals surface area contributed by atoms with Crippen molar-refractivity contribution in [1.82, 2.24) is 4.98 Å². The minimum Gasteiger partial charge on any atom is -0.457 e. The molecule has 20 heavy (non-hydrogen) atoms. The van der Waals surface area contributed by atoms with Gasteiger partial charge in [-0.1, -0.05) is 11.6 Å². The van der Waals surface area contributed by atoms with Crippen molar-refractivity contribution in [3.8, 4) is 11.5 Å². The molecule has 0 aliphatic rings. The van der Waals surface area contributed by atoms with Gasteiger partial charge in [0.2, 0.25) is 0 Å². The van der Waals surface area contributed by atoms with E-state index in [-0.39, 0.29) is 0 Å². The van der Waals surface area contributed by atoms with Gasteiger partial charge in [-0.25, -0.2) is 0 Å². The zero-order valence-electron chi connectivity index (χ0n) is 10.9. The summed E-state index contributed by atoms with van der Waals surface area (Å²) in [5.41, 5.74) is 8.18. The van der Waals surface area contributed by atoms with Gasteiger partial charge >= 0.3 is 0 Å². The summed E-state index contributed by atoms with van der Waals surface area (Å²) in [6.45, 7) is 1.96. The third kappa shape index (κ3) is 2.40. The summed E-state index contributed by atoms with van der Waals surface area (Å²) in [6, 6.07) is 13.0. The first-order chi connectivity index (χ1) is 9.63. The van der Waals surface area contributed by atoms with E-state index in [9.17, 15) is 0 Å². The second-order valence-corrected chi connectivity index (χ2v) is 5.01. The standard InChI is InChI=1S/C16H13ClN2O/c1-10-8-13-15(9-14(10)17)19-7-6-16(13)20-12-4-2-11(18)3-5-12/h2-9H,18H2,1H3. The van der Waals surface area contributed by atoms with E-state index < -0.39 is 0 Å². The van der Waals surface area contributed by atoms with Crippen LogP contribution in [0.15, 0.2) is 48.7 Å². The Morgan fingerprint density at radius 2 is 1.85 bits per heavy atom. The molecule has 0 atom stereocenters. The average Bonchev–Trinajstić information content (AvgIpc) is 2.43. The predicted octanol–water partition coefficient (Wildman–Crippen LogP) is 4.57. The molecule has 0 radical (unpaired) electrons. The van der Waals surface area contributed by atoms with Gasteiger partial charge in [-0.05, 0) is 55.0 Å². The van der Waals surface area contributed by atoms with Crippen LogP contribution in [0.5, 0.6) is 11.5 Å². The molecule has 0 bridgehead atoms. The molecule has 0 fully saturated rings. The lowest BCUT2D eigenvalue weighted by molar-refractivity contribution is 0.488. The molecule has 1 aromatic heterocycles. The molecular weight excluding hydrogens is 272 g/mol. The second-order valence-electron chi connectivity index (χ2n) is 4.60. The summed E-state index contributed by atoms with van der Waals surface area (Å²) < 4.78 is 5.90. The van der Waals surface area contributed by atoms with Gasteiger partial charge in [0.15, 0.2) is 0 Å². The largest absolute Gasteiger partial charge is 0.457 e. The molecule has 2 aromatic carbocycles. The molecule has 0 amide bonds. The number of nitrogen functional groups attached to an aromatic ring is 1. The highest BCUT2D eigenvalue weighted by Gasteiger charge is 2.07. The van der Waals surface area contributed by atoms with E-state index in [2.05, 4.69) is 4.98 Å². The smallest absolute Gasteiger partial charge is 0.138 e. The van der Waals surface area contributed by atoms with Crippen LogP contribution in [0.3, 0.4) is 0 Å². The normalized spacial score (nSPS) is 10.7. The molecule has 3 rings (SSSR count). The molecule has 0 saturated heterocycles. The van der Waals surface area contributed by atoms with E-state index in [0.717, 1.165) is 28.0 Å². The highest BCUT2D eigenvalue weighted by atomic mass is 35.5. The van der Waals surface area contributed by atoms with Crippen molar-refractivity contribution in [3.63, 3.8) is 0 Å². The number of anilines is 1. The number of fused-ring (bicyclic) bond motifs is 1. The number of hydrogen-bond acceptors (Lipinski definition) is 3. The molecule has 0 unspecified atom stereocenters. The van der Waals surface area contributed by atoms with Gasteiger partial charge in [0.25, 0.3) is 0 Å². The van der Waals surface area contributed by atoms with Crippen LogP contribution in [0.2, 0.25) is 5.02 Å². The molecule has 3 aromatic rings. The number of aryl methyl sites for hydroxylation is 1. The molecule has 0 aliphatic heterocycles. The van der Waals surface area contributed by atoms with Crippen LogP contribution in [0.1, 0.15) is 5.56 Å². The first kappa shape index (κ1) is 12.8. The number of halogens is 1. The fourth-order valence-electron chi connectivity index (χ4n) is 2.00. The fourth-order valence-corrected chi connectivity index (χ4v) is 2.16. The summed E-state index contributed by atoms with van der Waals surface area (Å²) in [6.07, 6.45) is 1.71. The highest BCUT2D eigenvalue weighted by Crippen LogP contribution is 2.32. The van der Waals surface area contributed by atoms with E-state index in [0.29, 0.717) is 10.7 Å². The molecule has 1 heterocycles. The molecular formula is C16H13ClN2O. The van der Waals surface area contributed by atoms with Crippen LogP contribution >= 0.6 is 11.6 Å². The Labute approximate surface area is 122 Å². The molecule has 0 spiro atoms. The van der Waals surface area contributed by atoms with Crippen molar-refractivity contribution in [2.75, 3.05) is 5.73 Å². The Balaban J connectivity index is 2.07. The number of aromatic nitrogens is 1. The van der Waals surface area contributed by atoms with Crippen molar-refractivity contribution in [3.05, 3.63) is 59.2 Å². The zero-order valence-corrected chi connectivity index (χ0v) is 11.7. The number of nitrogens with zero attached hydrogens (tertiary/aromatic N) is 1. The maximum absolute atomic E-state index is 6.12. The first-order valence-electron chi connectivity index (χ1n) is 6.22. The zero-order chi connectivity index (χ0) is 14.1. The van der Waals surface area contributed by atoms with Crippen molar-refractivity contribution in [2.45, 2.75) is 6.92 Å². The van der Waals surface area contributed by atoms with Crippen molar-refractivity contribution < 1.29 is 4.74 Å². The van der Waals surface area contributed by atoms with Crippen LogP contribution in [0, 0.1) is 6.92 Å². The van der Waals surface area contributed by atoms with Crippen LogP contribution in [0.25, 0.3) is 10.9 Å². The Morgan fingerprint density at radius 1 is 1.10 bits per heavy atom. The monoisotopic (exact) mass is 284 g/mol. The second kappa shape index (κ2) is 5.02. The minimum absolute atomic E-state index is 0.703. The Bertz CT molecular complexity index is 769. The minimum atomic E-state index is 0.703. The highest BCUT2D eigenvalue weighted by molar-refractivity contribution is 6.32. The molecule has 3 nitrogen and oxygen atoms in total. The van der Waals surface area contributed by atoms with Gasteiger partial charge < -0.3 is 10.5 Å². The van der Waals surface area contributed by atoms with Crippen molar-refractivity contribution in [1.29, 1.82) is 0 Å². The topological polar surface area (TPSA) is 48.1 Å². The molecule has 4 heteroatoms. The van der Waals surface area contributed by atoms with Crippen LogP contribution in [-0.4, -0.2) is 4.98 Å². The summed E-state index contributed by atoms with van der Waals surface area (Å²) in [7, 11) is 0. The lowest BCUT2D eigenvalue weighted by atomic mass is 10.1. The Kier molecular flexibility index (Phi) is 3.20. The number of nitrogens with two attached hydrogens (primary N) is 1. The van der Waals surface area contributed by atoms with Gasteiger partial charge in [0, 0.05) is 22.3 Å². The van der Waals surface area contributed by atoms with Crippen LogP contribution in [0.4, 0.5) is 5.69 Å². The Morgan fingerprint density at radius 3 is 2.60 bits per heavy atom. The van der Waals surface area contributed by atoms with Gasteiger partial charge in [-0.15, -0.1) is 0 Å². The predicted molar refractivity (Wildman–Crippen MR) is 82.4 cm³/mol. The molecule has 0 aliphatic carbocycles. The van der Waals surface area contributed by atoms with Crippen LogP contribution < -0.4 is 10.5 Å². The fraction of sp³-hybridized carbons (Fsp3) is 0.0625. The SMILES string of the molecule is Cc1cc2c(Oc3ccc(N)cc3)ccnc2cc1Cl. The van der Waals surface area contributed by atoms with E-state index in [4.69, 9.17) is 22.1 Å². The number of rotatable bonds is 2. The lowest BCUT2D eigenvalue weighted by Gasteiger charge is -2.10. The maximum atomic E-state index is 6.12. The van der Waals surface area contributed by atoms with E-state index in [1.807, 2.05) is 37.3 Å². The quantitative estimate of drug-likeness (QED) is 0.701. The molecule has 2 N–H and O–H groups in total. The van der Waals surface area contributed by atoms with Crippen molar-refractivity contribution in [2.24, 2.45) is 0 Å². The summed E-state index contributed by atoms with van der Waals surface area (Å²) in [5, 5.41) is 1.64. The van der Waals surface area contributed by atoms with E-state index in [1.54, 1.807) is 18.3 Å². The van der Waals surface area contributed by atoms with Gasteiger partial charge in [0.05, 0.1) is 5.52 Å². The maximum Gasteiger partial charge on any atom is 0.138 e. The third-order valence-corrected chi connectivity index (χ3v) is 3.50. The number of hydrogen-bond donors (Lipinski definition) is 1. The third-order valence-electron chi connectivity index (χ3n) is 3.09. The summed E-state index contributed by atoms with van der Waals surface area (Å²) in [4.78, 5) is 4.32. The number of pyridine rings is 1. The number of benzene rings is 2. The average molecular weight is 285 g/mol. The Hall–Kier alpha value is -2.26. The summed E-state index contributed by atoms with van der Waals surface area (Å²) >= 11 is 6.12. The van der Waals surface area contributed by atoms with E-state index >= 15 is 0 Å². The first-order valence-corrected chi connectivity index (χ1v) is 6.59. The molecule has 0 saturated carbocycles. The van der Waals surface area contributed by atoms with Crippen molar-refractivity contribution >= 4 is 28.2 Å². The summed E-state index contributed by atoms with van der Waals surface area (Å²) in [5.74, 6) is 1.49. The molecule has 100 valence electrons.